The van der Waals surface area contributed by atoms with Gasteiger partial charge in [0.1, 0.15) is 10.0 Å². The van der Waals surface area contributed by atoms with E-state index >= 15 is 0 Å². The molecule has 0 fully saturated rings. The summed E-state index contributed by atoms with van der Waals surface area (Å²) in [5, 5.41) is 6.04. The van der Waals surface area contributed by atoms with Crippen molar-refractivity contribution in [2.75, 3.05) is 19.6 Å². The first-order chi connectivity index (χ1) is 12.4. The Morgan fingerprint density at radius 2 is 1.93 bits per heavy atom. The minimum Gasteiger partial charge on any atom is -0.357 e. The van der Waals surface area contributed by atoms with Gasteiger partial charge in [-0.1, -0.05) is 29.8 Å². The Morgan fingerprint density at radius 1 is 1.19 bits per heavy atom. The van der Waals surface area contributed by atoms with E-state index in [9.17, 15) is 12.8 Å². The number of sulfonamides is 1. The molecule has 11 heteroatoms. The highest BCUT2D eigenvalue weighted by Gasteiger charge is 2.15. The minimum atomic E-state index is -3.58. The number of nitrogens with zero attached hydrogens (tertiary/aromatic N) is 1. The van der Waals surface area contributed by atoms with Gasteiger partial charge < -0.3 is 10.6 Å². The van der Waals surface area contributed by atoms with Gasteiger partial charge in [0.2, 0.25) is 10.0 Å². The second kappa shape index (κ2) is 11.8. The molecule has 27 heavy (non-hydrogen) atoms. The van der Waals surface area contributed by atoms with Crippen LogP contribution in [0.25, 0.3) is 0 Å². The van der Waals surface area contributed by atoms with Gasteiger partial charge in [0.05, 0.1) is 10.9 Å². The van der Waals surface area contributed by atoms with Crippen LogP contribution in [-0.2, 0) is 16.6 Å². The molecule has 0 bridgehead atoms. The Bertz CT molecular complexity index is 862. The number of thiophene rings is 1. The molecule has 0 saturated carbocycles. The summed E-state index contributed by atoms with van der Waals surface area (Å²) in [5.41, 5.74) is 0.486. The zero-order chi connectivity index (χ0) is 19.0. The van der Waals surface area contributed by atoms with Crippen LogP contribution in [0.4, 0.5) is 4.39 Å². The molecule has 2 rings (SSSR count). The molecule has 0 spiro atoms. The molecule has 0 aliphatic heterocycles. The zero-order valence-electron chi connectivity index (χ0n) is 14.5. The number of aliphatic imine (C=N–C) groups is 1. The molecular formula is C16H21ClFIN4O2S2. The lowest BCUT2D eigenvalue weighted by molar-refractivity contribution is 0.582. The summed E-state index contributed by atoms with van der Waals surface area (Å²) in [6, 6.07) is 9.43. The lowest BCUT2D eigenvalue weighted by Crippen LogP contribution is -2.41. The van der Waals surface area contributed by atoms with Gasteiger partial charge in [-0.25, -0.2) is 22.5 Å². The molecule has 1 aromatic carbocycles. The quantitative estimate of drug-likeness (QED) is 0.206. The van der Waals surface area contributed by atoms with Crippen molar-refractivity contribution >= 4 is 62.9 Å². The van der Waals surface area contributed by atoms with E-state index in [-0.39, 0.29) is 47.1 Å². The molecular weight excluding hydrogens is 526 g/mol. The van der Waals surface area contributed by atoms with E-state index in [0.717, 1.165) is 11.3 Å². The lowest BCUT2D eigenvalue weighted by Gasteiger charge is -2.12. The van der Waals surface area contributed by atoms with Crippen molar-refractivity contribution in [2.45, 2.75) is 17.7 Å². The second-order valence-electron chi connectivity index (χ2n) is 5.17. The van der Waals surface area contributed by atoms with Gasteiger partial charge in [0, 0.05) is 25.2 Å². The van der Waals surface area contributed by atoms with Crippen LogP contribution in [0.1, 0.15) is 12.5 Å². The predicted molar refractivity (Wildman–Crippen MR) is 119 cm³/mol. The highest BCUT2D eigenvalue weighted by molar-refractivity contribution is 14.0. The van der Waals surface area contributed by atoms with E-state index in [1.165, 1.54) is 18.2 Å². The number of nitrogens with one attached hydrogen (secondary N) is 3. The number of hydrogen-bond acceptors (Lipinski definition) is 4. The Balaban J connectivity index is 0.00000364. The number of guanidine groups is 1. The van der Waals surface area contributed by atoms with Gasteiger partial charge in [-0.15, -0.1) is 35.3 Å². The molecule has 0 aliphatic carbocycles. The van der Waals surface area contributed by atoms with E-state index in [0.29, 0.717) is 28.9 Å². The monoisotopic (exact) mass is 546 g/mol. The molecule has 3 N–H and O–H groups in total. The third-order valence-corrected chi connectivity index (χ3v) is 6.42. The third-order valence-electron chi connectivity index (χ3n) is 3.23. The van der Waals surface area contributed by atoms with Crippen molar-refractivity contribution in [3.05, 3.63) is 52.1 Å². The van der Waals surface area contributed by atoms with Gasteiger partial charge in [0.15, 0.2) is 5.96 Å². The number of benzene rings is 1. The average Bonchev–Trinajstić information content (AvgIpc) is 3.05. The van der Waals surface area contributed by atoms with Gasteiger partial charge in [-0.3, -0.25) is 0 Å². The van der Waals surface area contributed by atoms with Crippen LogP contribution in [0, 0.1) is 5.82 Å². The highest BCUT2D eigenvalue weighted by atomic mass is 127. The summed E-state index contributed by atoms with van der Waals surface area (Å²) >= 11 is 6.76. The van der Waals surface area contributed by atoms with E-state index in [1.54, 1.807) is 18.2 Å². The van der Waals surface area contributed by atoms with Crippen molar-refractivity contribution in [2.24, 2.45) is 4.99 Å². The number of hydrogen-bond donors (Lipinski definition) is 3. The molecule has 0 radical (unpaired) electrons. The van der Waals surface area contributed by atoms with Gasteiger partial charge >= 0.3 is 0 Å². The normalized spacial score (nSPS) is 11.7. The second-order valence-corrected chi connectivity index (χ2v) is 8.88. The van der Waals surface area contributed by atoms with Crippen LogP contribution in [0.15, 0.2) is 45.6 Å². The maximum atomic E-state index is 13.6. The van der Waals surface area contributed by atoms with E-state index in [2.05, 4.69) is 20.3 Å². The lowest BCUT2D eigenvalue weighted by atomic mass is 10.2. The SMILES string of the molecule is CCNC(=NCc1ccccc1F)NCCNS(=O)(=O)c1ccc(Cl)s1.I. The van der Waals surface area contributed by atoms with Crippen LogP contribution in [0.3, 0.4) is 0 Å². The molecule has 0 saturated heterocycles. The van der Waals surface area contributed by atoms with Crippen LogP contribution in [0.5, 0.6) is 0 Å². The fourth-order valence-electron chi connectivity index (χ4n) is 2.01. The van der Waals surface area contributed by atoms with Crippen LogP contribution >= 0.6 is 46.9 Å². The van der Waals surface area contributed by atoms with E-state index < -0.39 is 10.0 Å². The molecule has 1 aromatic heterocycles. The Kier molecular flexibility index (Phi) is 10.5. The third kappa shape index (κ3) is 7.90. The summed E-state index contributed by atoms with van der Waals surface area (Å²) in [7, 11) is -3.58. The fraction of sp³-hybridized carbons (Fsp3) is 0.312. The van der Waals surface area contributed by atoms with E-state index in [1.807, 2.05) is 6.92 Å². The predicted octanol–water partition coefficient (Wildman–Crippen LogP) is 3.19. The Labute approximate surface area is 184 Å². The minimum absolute atomic E-state index is 0. The maximum Gasteiger partial charge on any atom is 0.250 e. The van der Waals surface area contributed by atoms with Crippen LogP contribution in [-0.4, -0.2) is 34.0 Å². The standard InChI is InChI=1S/C16H20ClFN4O2S2.HI/c1-2-19-16(21-11-12-5-3-4-6-13(12)18)20-9-10-22-26(23,24)15-8-7-14(17)25-15;/h3-8,22H,2,9-11H2,1H3,(H2,19,20,21);1H. The molecule has 0 atom stereocenters. The summed E-state index contributed by atoms with van der Waals surface area (Å²) in [6.07, 6.45) is 0. The largest absolute Gasteiger partial charge is 0.357 e. The zero-order valence-corrected chi connectivity index (χ0v) is 19.3. The molecule has 150 valence electrons. The summed E-state index contributed by atoms with van der Waals surface area (Å²) in [5.74, 6) is 0.170. The Hall–Kier alpha value is -0.950. The molecule has 0 amide bonds. The van der Waals surface area contributed by atoms with E-state index in [4.69, 9.17) is 11.6 Å². The topological polar surface area (TPSA) is 82.6 Å². The molecule has 6 nitrogen and oxygen atoms in total. The average molecular weight is 547 g/mol. The first-order valence-electron chi connectivity index (χ1n) is 7.93. The van der Waals surface area contributed by atoms with Gasteiger partial charge in [-0.2, -0.15) is 0 Å². The molecule has 0 unspecified atom stereocenters. The van der Waals surface area contributed by atoms with Gasteiger partial charge in [-0.05, 0) is 25.1 Å². The summed E-state index contributed by atoms with van der Waals surface area (Å²) in [4.78, 5) is 4.30. The first-order valence-corrected chi connectivity index (χ1v) is 10.6. The maximum absolute atomic E-state index is 13.6. The van der Waals surface area contributed by atoms with Crippen LogP contribution in [0.2, 0.25) is 4.34 Å². The molecule has 2 aromatic rings. The fourth-order valence-corrected chi connectivity index (χ4v) is 4.57. The van der Waals surface area contributed by atoms with Gasteiger partial charge in [0.25, 0.3) is 0 Å². The van der Waals surface area contributed by atoms with Crippen molar-refractivity contribution < 1.29 is 12.8 Å². The van der Waals surface area contributed by atoms with Crippen molar-refractivity contribution in [3.8, 4) is 0 Å². The number of halogens is 3. The van der Waals surface area contributed by atoms with Crippen molar-refractivity contribution in [3.63, 3.8) is 0 Å². The van der Waals surface area contributed by atoms with Crippen molar-refractivity contribution in [1.29, 1.82) is 0 Å². The summed E-state index contributed by atoms with van der Waals surface area (Å²) < 4.78 is 40.9. The molecule has 1 heterocycles. The Morgan fingerprint density at radius 3 is 2.56 bits per heavy atom. The number of rotatable bonds is 8. The smallest absolute Gasteiger partial charge is 0.250 e. The van der Waals surface area contributed by atoms with Crippen LogP contribution < -0.4 is 15.4 Å². The molecule has 0 aliphatic rings. The summed E-state index contributed by atoms with van der Waals surface area (Å²) in [6.45, 7) is 3.21. The highest BCUT2D eigenvalue weighted by Crippen LogP contribution is 2.25. The van der Waals surface area contributed by atoms with Crippen molar-refractivity contribution in [1.82, 2.24) is 15.4 Å². The first kappa shape index (κ1) is 24.1.